The highest BCUT2D eigenvalue weighted by Gasteiger charge is 2.13. The van der Waals surface area contributed by atoms with E-state index in [9.17, 15) is 4.79 Å². The van der Waals surface area contributed by atoms with E-state index in [2.05, 4.69) is 9.72 Å². The standard InChI is InChI=1S/C10H16ClN3O2/c1-4-14(7-10(15)16-3)6-9-12-5-8(11)13(9)2/h5H,4,6-7H2,1-3H3. The number of likely N-dealkylation sites (N-methyl/N-ethyl adjacent to an activating group) is 1. The number of imidazole rings is 1. The second kappa shape index (κ2) is 5.86. The van der Waals surface area contributed by atoms with Crippen LogP contribution in [0.4, 0.5) is 0 Å². The molecule has 0 spiro atoms. The molecule has 0 bridgehead atoms. The van der Waals surface area contributed by atoms with Gasteiger partial charge in [-0.15, -0.1) is 0 Å². The Hall–Kier alpha value is -1.07. The van der Waals surface area contributed by atoms with Gasteiger partial charge < -0.3 is 9.30 Å². The summed E-state index contributed by atoms with van der Waals surface area (Å²) in [5.74, 6) is 0.581. The van der Waals surface area contributed by atoms with Crippen molar-refractivity contribution in [2.24, 2.45) is 7.05 Å². The molecule has 5 nitrogen and oxygen atoms in total. The first kappa shape index (κ1) is 13.0. The molecule has 0 aliphatic heterocycles. The third-order valence-corrected chi connectivity index (χ3v) is 2.77. The van der Waals surface area contributed by atoms with Crippen molar-refractivity contribution < 1.29 is 9.53 Å². The molecule has 6 heteroatoms. The lowest BCUT2D eigenvalue weighted by Crippen LogP contribution is -2.31. The highest BCUT2D eigenvalue weighted by Crippen LogP contribution is 2.10. The van der Waals surface area contributed by atoms with Gasteiger partial charge in [-0.1, -0.05) is 18.5 Å². The third kappa shape index (κ3) is 3.21. The quantitative estimate of drug-likeness (QED) is 0.728. The summed E-state index contributed by atoms with van der Waals surface area (Å²) < 4.78 is 6.41. The first-order valence-electron chi connectivity index (χ1n) is 5.03. The molecule has 0 saturated heterocycles. The van der Waals surface area contributed by atoms with Crippen LogP contribution in [0.15, 0.2) is 6.20 Å². The molecule has 16 heavy (non-hydrogen) atoms. The van der Waals surface area contributed by atoms with Crippen molar-refractivity contribution in [3.63, 3.8) is 0 Å². The van der Waals surface area contributed by atoms with Gasteiger partial charge >= 0.3 is 5.97 Å². The van der Waals surface area contributed by atoms with Crippen LogP contribution >= 0.6 is 11.6 Å². The Morgan fingerprint density at radius 1 is 1.69 bits per heavy atom. The number of hydrogen-bond donors (Lipinski definition) is 0. The first-order chi connectivity index (χ1) is 7.58. The second-order valence-electron chi connectivity index (χ2n) is 3.44. The highest BCUT2D eigenvalue weighted by atomic mass is 35.5. The van der Waals surface area contributed by atoms with Crippen LogP contribution in [0.5, 0.6) is 0 Å². The van der Waals surface area contributed by atoms with Crippen LogP contribution in [0.1, 0.15) is 12.7 Å². The minimum Gasteiger partial charge on any atom is -0.468 e. The van der Waals surface area contributed by atoms with Gasteiger partial charge in [0.25, 0.3) is 0 Å². The topological polar surface area (TPSA) is 47.4 Å². The molecule has 1 heterocycles. The monoisotopic (exact) mass is 245 g/mol. The van der Waals surface area contributed by atoms with E-state index in [-0.39, 0.29) is 12.5 Å². The second-order valence-corrected chi connectivity index (χ2v) is 3.82. The maximum atomic E-state index is 11.1. The molecule has 0 radical (unpaired) electrons. The molecule has 0 N–H and O–H groups in total. The van der Waals surface area contributed by atoms with E-state index >= 15 is 0 Å². The van der Waals surface area contributed by atoms with Crippen molar-refractivity contribution in [1.29, 1.82) is 0 Å². The number of halogens is 1. The SMILES string of the molecule is CCN(CC(=O)OC)Cc1ncc(Cl)n1C. The first-order valence-corrected chi connectivity index (χ1v) is 5.41. The van der Waals surface area contributed by atoms with E-state index in [0.717, 1.165) is 12.4 Å². The normalized spacial score (nSPS) is 10.8. The number of esters is 1. The van der Waals surface area contributed by atoms with Crippen LogP contribution in [-0.2, 0) is 23.1 Å². The van der Waals surface area contributed by atoms with E-state index in [1.54, 1.807) is 10.8 Å². The van der Waals surface area contributed by atoms with Crippen molar-refractivity contribution >= 4 is 17.6 Å². The molecule has 90 valence electrons. The van der Waals surface area contributed by atoms with E-state index in [4.69, 9.17) is 11.6 Å². The van der Waals surface area contributed by atoms with E-state index in [0.29, 0.717) is 11.7 Å². The molecule has 1 aromatic rings. The zero-order chi connectivity index (χ0) is 12.1. The summed E-state index contributed by atoms with van der Waals surface area (Å²) in [6.07, 6.45) is 1.60. The van der Waals surface area contributed by atoms with Crippen LogP contribution in [0.3, 0.4) is 0 Å². The van der Waals surface area contributed by atoms with Gasteiger partial charge in [-0.2, -0.15) is 0 Å². The zero-order valence-corrected chi connectivity index (χ0v) is 10.5. The lowest BCUT2D eigenvalue weighted by atomic mass is 10.4. The van der Waals surface area contributed by atoms with Gasteiger partial charge in [0.2, 0.25) is 0 Å². The summed E-state index contributed by atoms with van der Waals surface area (Å²) in [6, 6.07) is 0. The third-order valence-electron chi connectivity index (χ3n) is 2.42. The minimum absolute atomic E-state index is 0.248. The lowest BCUT2D eigenvalue weighted by Gasteiger charge is -2.18. The summed E-state index contributed by atoms with van der Waals surface area (Å²) in [6.45, 7) is 3.57. The largest absolute Gasteiger partial charge is 0.468 e. The van der Waals surface area contributed by atoms with Crippen molar-refractivity contribution in [3.8, 4) is 0 Å². The minimum atomic E-state index is -0.248. The number of hydrogen-bond acceptors (Lipinski definition) is 4. The number of carbonyl (C=O) groups excluding carboxylic acids is 1. The molecule has 0 unspecified atom stereocenters. The number of ether oxygens (including phenoxy) is 1. The number of carbonyl (C=O) groups is 1. The van der Waals surface area contributed by atoms with Gasteiger partial charge in [0, 0.05) is 7.05 Å². The number of aromatic nitrogens is 2. The number of nitrogens with zero attached hydrogens (tertiary/aromatic N) is 3. The van der Waals surface area contributed by atoms with E-state index in [1.807, 2.05) is 18.9 Å². The molecule has 0 saturated carbocycles. The Morgan fingerprint density at radius 3 is 2.81 bits per heavy atom. The summed E-state index contributed by atoms with van der Waals surface area (Å²) in [5, 5.41) is 0.587. The Morgan fingerprint density at radius 2 is 2.38 bits per heavy atom. The smallest absolute Gasteiger partial charge is 0.319 e. The summed E-state index contributed by atoms with van der Waals surface area (Å²) in [4.78, 5) is 17.3. The average molecular weight is 246 g/mol. The molecule has 0 fully saturated rings. The average Bonchev–Trinajstić information content (AvgIpc) is 2.59. The van der Waals surface area contributed by atoms with Gasteiger partial charge in [0.15, 0.2) is 0 Å². The van der Waals surface area contributed by atoms with Crippen molar-refractivity contribution in [2.75, 3.05) is 20.2 Å². The molecule has 0 aromatic carbocycles. The lowest BCUT2D eigenvalue weighted by molar-refractivity contribution is -0.142. The predicted molar refractivity (Wildman–Crippen MR) is 61.2 cm³/mol. The van der Waals surface area contributed by atoms with Crippen LogP contribution in [0.2, 0.25) is 5.15 Å². The van der Waals surface area contributed by atoms with Crippen molar-refractivity contribution in [3.05, 3.63) is 17.2 Å². The van der Waals surface area contributed by atoms with Gasteiger partial charge in [-0.05, 0) is 6.54 Å². The molecular formula is C10H16ClN3O2. The molecule has 1 aromatic heterocycles. The maximum absolute atomic E-state index is 11.1. The molecule has 0 aliphatic carbocycles. The summed E-state index contributed by atoms with van der Waals surface area (Å²) >= 11 is 5.88. The van der Waals surface area contributed by atoms with E-state index < -0.39 is 0 Å². The maximum Gasteiger partial charge on any atom is 0.319 e. The van der Waals surface area contributed by atoms with Gasteiger partial charge in [0.1, 0.15) is 11.0 Å². The van der Waals surface area contributed by atoms with Crippen LogP contribution in [0, 0.1) is 0 Å². The van der Waals surface area contributed by atoms with Gasteiger partial charge in [-0.3, -0.25) is 9.69 Å². The molecule has 1 rings (SSSR count). The Bertz CT molecular complexity index is 365. The fraction of sp³-hybridized carbons (Fsp3) is 0.600. The molecule has 0 amide bonds. The van der Waals surface area contributed by atoms with Crippen LogP contribution in [0.25, 0.3) is 0 Å². The molecule has 0 atom stereocenters. The van der Waals surface area contributed by atoms with Crippen molar-refractivity contribution in [1.82, 2.24) is 14.5 Å². The molecule has 0 aliphatic rings. The van der Waals surface area contributed by atoms with Crippen LogP contribution in [-0.4, -0.2) is 40.6 Å². The van der Waals surface area contributed by atoms with Crippen LogP contribution < -0.4 is 0 Å². The van der Waals surface area contributed by atoms with Crippen molar-refractivity contribution in [2.45, 2.75) is 13.5 Å². The van der Waals surface area contributed by atoms with E-state index in [1.165, 1.54) is 7.11 Å². The Balaban J connectivity index is 2.63. The fourth-order valence-corrected chi connectivity index (χ4v) is 1.44. The predicted octanol–water partition coefficient (Wildman–Crippen LogP) is 1.07. The number of methoxy groups -OCH3 is 1. The fourth-order valence-electron chi connectivity index (χ4n) is 1.30. The Labute approximate surface area is 100.0 Å². The highest BCUT2D eigenvalue weighted by molar-refractivity contribution is 6.29. The summed E-state index contributed by atoms with van der Waals surface area (Å²) in [7, 11) is 3.23. The zero-order valence-electron chi connectivity index (χ0n) is 9.73. The Kier molecular flexibility index (Phi) is 4.76. The van der Waals surface area contributed by atoms with Gasteiger partial charge in [-0.25, -0.2) is 4.98 Å². The summed E-state index contributed by atoms with van der Waals surface area (Å²) in [5.41, 5.74) is 0. The number of rotatable bonds is 5. The molecular weight excluding hydrogens is 230 g/mol. The van der Waals surface area contributed by atoms with Gasteiger partial charge in [0.05, 0.1) is 26.4 Å².